The molecule has 0 aromatic heterocycles. The standard InChI is InChI=1S/C16H18N2O3/c1-10-16(20)18-13-9-12(6-7-14(13)21-10)17-15(19)8-11-4-2-3-5-11/h2,4,6-7,9-11H,3,5,8H2,1H3,(H,17,19)(H,18,20)/t10-,11-/m1/s1. The lowest BCUT2D eigenvalue weighted by Crippen LogP contribution is -2.34. The van der Waals surface area contributed by atoms with E-state index in [2.05, 4.69) is 22.8 Å². The topological polar surface area (TPSA) is 67.4 Å². The summed E-state index contributed by atoms with van der Waals surface area (Å²) in [6, 6.07) is 5.27. The van der Waals surface area contributed by atoms with E-state index in [1.54, 1.807) is 25.1 Å². The molecule has 5 heteroatoms. The van der Waals surface area contributed by atoms with Crippen LogP contribution in [0.3, 0.4) is 0 Å². The molecule has 0 radical (unpaired) electrons. The van der Waals surface area contributed by atoms with E-state index in [-0.39, 0.29) is 11.8 Å². The molecule has 1 aromatic carbocycles. The molecule has 3 rings (SSSR count). The van der Waals surface area contributed by atoms with E-state index in [1.165, 1.54) is 0 Å². The van der Waals surface area contributed by atoms with E-state index >= 15 is 0 Å². The summed E-state index contributed by atoms with van der Waals surface area (Å²) >= 11 is 0. The van der Waals surface area contributed by atoms with Crippen LogP contribution in [0.25, 0.3) is 0 Å². The molecule has 0 saturated heterocycles. The first-order valence-corrected chi connectivity index (χ1v) is 7.20. The molecule has 1 aliphatic carbocycles. The van der Waals surface area contributed by atoms with Crippen molar-refractivity contribution in [1.29, 1.82) is 0 Å². The Labute approximate surface area is 123 Å². The van der Waals surface area contributed by atoms with Crippen molar-refractivity contribution in [2.24, 2.45) is 5.92 Å². The molecule has 0 unspecified atom stereocenters. The Bertz CT molecular complexity index is 610. The minimum absolute atomic E-state index is 0.0112. The summed E-state index contributed by atoms with van der Waals surface area (Å²) in [4.78, 5) is 23.6. The molecule has 2 N–H and O–H groups in total. The van der Waals surface area contributed by atoms with Gasteiger partial charge in [-0.1, -0.05) is 12.2 Å². The molecular weight excluding hydrogens is 268 g/mol. The van der Waals surface area contributed by atoms with Crippen LogP contribution in [0.1, 0.15) is 26.2 Å². The van der Waals surface area contributed by atoms with Crippen molar-refractivity contribution in [2.75, 3.05) is 10.6 Å². The van der Waals surface area contributed by atoms with Crippen molar-refractivity contribution >= 4 is 23.2 Å². The Kier molecular flexibility index (Phi) is 3.64. The molecule has 2 amide bonds. The van der Waals surface area contributed by atoms with Gasteiger partial charge in [-0.2, -0.15) is 0 Å². The van der Waals surface area contributed by atoms with E-state index in [1.807, 2.05) is 0 Å². The first-order chi connectivity index (χ1) is 10.1. The molecule has 2 aliphatic rings. The zero-order valence-electron chi connectivity index (χ0n) is 11.9. The van der Waals surface area contributed by atoms with Crippen molar-refractivity contribution in [3.8, 4) is 5.75 Å². The second-order valence-electron chi connectivity index (χ2n) is 5.48. The molecule has 2 atom stereocenters. The molecule has 21 heavy (non-hydrogen) atoms. The highest BCUT2D eigenvalue weighted by molar-refractivity contribution is 5.99. The summed E-state index contributed by atoms with van der Waals surface area (Å²) in [7, 11) is 0. The third-order valence-electron chi connectivity index (χ3n) is 3.75. The maximum atomic E-state index is 12.0. The number of benzene rings is 1. The third-order valence-corrected chi connectivity index (χ3v) is 3.75. The third kappa shape index (κ3) is 3.07. The second-order valence-corrected chi connectivity index (χ2v) is 5.48. The van der Waals surface area contributed by atoms with E-state index in [9.17, 15) is 9.59 Å². The van der Waals surface area contributed by atoms with Crippen LogP contribution in [0.5, 0.6) is 5.75 Å². The predicted molar refractivity (Wildman–Crippen MR) is 80.3 cm³/mol. The monoisotopic (exact) mass is 286 g/mol. The lowest BCUT2D eigenvalue weighted by atomic mass is 10.0. The Hall–Kier alpha value is -2.30. The van der Waals surface area contributed by atoms with Gasteiger partial charge in [0.2, 0.25) is 5.91 Å². The van der Waals surface area contributed by atoms with Crippen LogP contribution in [0.15, 0.2) is 30.4 Å². The van der Waals surface area contributed by atoms with Crippen LogP contribution < -0.4 is 15.4 Å². The van der Waals surface area contributed by atoms with Gasteiger partial charge in [-0.25, -0.2) is 0 Å². The van der Waals surface area contributed by atoms with Gasteiger partial charge in [0.1, 0.15) is 5.75 Å². The van der Waals surface area contributed by atoms with Crippen LogP contribution in [-0.2, 0) is 9.59 Å². The summed E-state index contributed by atoms with van der Waals surface area (Å²) in [5.74, 6) is 0.773. The fraction of sp³-hybridized carbons (Fsp3) is 0.375. The number of fused-ring (bicyclic) bond motifs is 1. The first kappa shape index (κ1) is 13.7. The van der Waals surface area contributed by atoms with Gasteiger partial charge < -0.3 is 15.4 Å². The molecule has 1 aromatic rings. The Balaban J connectivity index is 1.66. The smallest absolute Gasteiger partial charge is 0.265 e. The lowest BCUT2D eigenvalue weighted by molar-refractivity contribution is -0.122. The maximum absolute atomic E-state index is 12.0. The van der Waals surface area contributed by atoms with Crippen molar-refractivity contribution in [3.05, 3.63) is 30.4 Å². The first-order valence-electron chi connectivity index (χ1n) is 7.20. The highest BCUT2D eigenvalue weighted by atomic mass is 16.5. The molecular formula is C16H18N2O3. The summed E-state index contributed by atoms with van der Waals surface area (Å²) in [6.07, 6.45) is 6.31. The largest absolute Gasteiger partial charge is 0.479 e. The van der Waals surface area contributed by atoms with E-state index < -0.39 is 6.10 Å². The van der Waals surface area contributed by atoms with Gasteiger partial charge in [-0.05, 0) is 43.9 Å². The van der Waals surface area contributed by atoms with Gasteiger partial charge in [0.05, 0.1) is 5.69 Å². The van der Waals surface area contributed by atoms with Gasteiger partial charge in [-0.3, -0.25) is 9.59 Å². The average molecular weight is 286 g/mol. The summed E-state index contributed by atoms with van der Waals surface area (Å²) in [5.41, 5.74) is 1.26. The number of amides is 2. The lowest BCUT2D eigenvalue weighted by Gasteiger charge is -2.23. The van der Waals surface area contributed by atoms with Gasteiger partial charge >= 0.3 is 0 Å². The number of hydrogen-bond donors (Lipinski definition) is 2. The van der Waals surface area contributed by atoms with Crippen molar-refractivity contribution in [2.45, 2.75) is 32.3 Å². The molecule has 0 bridgehead atoms. The summed E-state index contributed by atoms with van der Waals surface area (Å²) in [5, 5.41) is 5.64. The number of rotatable bonds is 3. The van der Waals surface area contributed by atoms with Crippen LogP contribution >= 0.6 is 0 Å². The van der Waals surface area contributed by atoms with Crippen molar-refractivity contribution in [1.82, 2.24) is 0 Å². The maximum Gasteiger partial charge on any atom is 0.265 e. The second kappa shape index (κ2) is 5.60. The summed E-state index contributed by atoms with van der Waals surface area (Å²) < 4.78 is 5.48. The molecule has 0 spiro atoms. The van der Waals surface area contributed by atoms with Crippen molar-refractivity contribution < 1.29 is 14.3 Å². The molecule has 1 heterocycles. The zero-order chi connectivity index (χ0) is 14.8. The molecule has 1 aliphatic heterocycles. The fourth-order valence-electron chi connectivity index (χ4n) is 2.60. The van der Waals surface area contributed by atoms with E-state index in [0.717, 1.165) is 12.8 Å². The minimum atomic E-state index is -0.493. The molecule has 110 valence electrons. The Morgan fingerprint density at radius 2 is 2.33 bits per heavy atom. The fourth-order valence-corrected chi connectivity index (χ4v) is 2.60. The minimum Gasteiger partial charge on any atom is -0.479 e. The Morgan fingerprint density at radius 1 is 1.48 bits per heavy atom. The van der Waals surface area contributed by atoms with Gasteiger partial charge in [0, 0.05) is 12.1 Å². The number of hydrogen-bond acceptors (Lipinski definition) is 3. The van der Waals surface area contributed by atoms with Crippen LogP contribution in [-0.4, -0.2) is 17.9 Å². The van der Waals surface area contributed by atoms with E-state index in [0.29, 0.717) is 29.5 Å². The van der Waals surface area contributed by atoms with Crippen LogP contribution in [0.4, 0.5) is 11.4 Å². The van der Waals surface area contributed by atoms with Gasteiger partial charge in [-0.15, -0.1) is 0 Å². The molecule has 5 nitrogen and oxygen atoms in total. The number of carbonyl (C=O) groups excluding carboxylic acids is 2. The average Bonchev–Trinajstić information content (AvgIpc) is 2.93. The normalized spacial score (nSPS) is 23.2. The van der Waals surface area contributed by atoms with Crippen LogP contribution in [0, 0.1) is 5.92 Å². The number of anilines is 2. The van der Waals surface area contributed by atoms with E-state index in [4.69, 9.17) is 4.74 Å². The SMILES string of the molecule is C[C@H]1Oc2ccc(NC(=O)C[C@@H]3C=CCC3)cc2NC1=O. The zero-order valence-corrected chi connectivity index (χ0v) is 11.9. The van der Waals surface area contributed by atoms with Crippen molar-refractivity contribution in [3.63, 3.8) is 0 Å². The number of nitrogens with one attached hydrogen (secondary N) is 2. The quantitative estimate of drug-likeness (QED) is 0.839. The van der Waals surface area contributed by atoms with Gasteiger partial charge in [0.25, 0.3) is 5.91 Å². The number of ether oxygens (including phenoxy) is 1. The highest BCUT2D eigenvalue weighted by Gasteiger charge is 2.23. The number of carbonyl (C=O) groups is 2. The van der Waals surface area contributed by atoms with Gasteiger partial charge in [0.15, 0.2) is 6.10 Å². The number of allylic oxidation sites excluding steroid dienone is 2. The molecule has 0 fully saturated rings. The molecule has 0 saturated carbocycles. The highest BCUT2D eigenvalue weighted by Crippen LogP contribution is 2.32. The van der Waals surface area contributed by atoms with Crippen LogP contribution in [0.2, 0.25) is 0 Å². The Morgan fingerprint density at radius 3 is 3.10 bits per heavy atom. The summed E-state index contributed by atoms with van der Waals surface area (Å²) in [6.45, 7) is 1.70. The predicted octanol–water partition coefficient (Wildman–Crippen LogP) is 2.70.